The van der Waals surface area contributed by atoms with Crippen LogP contribution in [0.15, 0.2) is 46.6 Å². The predicted molar refractivity (Wildman–Crippen MR) is 124 cm³/mol. The molecule has 0 aliphatic heterocycles. The quantitative estimate of drug-likeness (QED) is 0.222. The van der Waals surface area contributed by atoms with Crippen molar-refractivity contribution in [3.8, 4) is 0 Å². The Morgan fingerprint density at radius 3 is 1.79 bits per heavy atom. The van der Waals surface area contributed by atoms with Gasteiger partial charge in [0.2, 0.25) is 5.91 Å². The third-order valence-corrected chi connectivity index (χ3v) is 4.87. The molecule has 0 saturated carbocycles. The lowest BCUT2D eigenvalue weighted by atomic mass is 10.0. The summed E-state index contributed by atoms with van der Waals surface area (Å²) in [6.45, 7) is 12.4. The van der Waals surface area contributed by atoms with E-state index in [0.717, 1.165) is 44.1 Å². The van der Waals surface area contributed by atoms with Gasteiger partial charge >= 0.3 is 0 Å². The van der Waals surface area contributed by atoms with E-state index in [1.165, 1.54) is 21.6 Å². The molecule has 1 unspecified atom stereocenters. The lowest BCUT2D eigenvalue weighted by Gasteiger charge is -2.25. The van der Waals surface area contributed by atoms with Crippen molar-refractivity contribution >= 4 is 5.91 Å². The number of aliphatic hydroxyl groups excluding tert-OH is 2. The fourth-order valence-corrected chi connectivity index (χ4v) is 2.99. The molecule has 0 aliphatic carbocycles. The number of hydrogen-bond donors (Lipinski definition) is 2. The molecule has 0 bridgehead atoms. The molecular weight excluding hydrogens is 362 g/mol. The van der Waals surface area contributed by atoms with Crippen LogP contribution < -0.4 is 0 Å². The molecule has 1 atom stereocenters. The monoisotopic (exact) mass is 405 g/mol. The van der Waals surface area contributed by atoms with Crippen LogP contribution in [0.4, 0.5) is 0 Å². The zero-order valence-electron chi connectivity index (χ0n) is 19.5. The van der Waals surface area contributed by atoms with Crippen LogP contribution in [0.25, 0.3) is 0 Å². The minimum atomic E-state index is -0.848. The standard InChI is InChI=1S/C25H43NO3/c1-7-24(28)26(17-18-27)25(29)19-23(6)16-10-15-22(5)14-9-13-21(4)12-8-11-20(2)3/h11,13,15,19,24,27-28H,7-10,12,14,16-18H2,1-6H3. The van der Waals surface area contributed by atoms with Crippen LogP contribution in [0.5, 0.6) is 0 Å². The van der Waals surface area contributed by atoms with Gasteiger partial charge in [-0.05, 0) is 79.6 Å². The Bertz CT molecular complexity index is 595. The Balaban J connectivity index is 4.42. The van der Waals surface area contributed by atoms with Crippen molar-refractivity contribution in [2.75, 3.05) is 13.2 Å². The highest BCUT2D eigenvalue weighted by molar-refractivity contribution is 5.88. The van der Waals surface area contributed by atoms with Crippen LogP contribution in [-0.4, -0.2) is 40.4 Å². The van der Waals surface area contributed by atoms with Crippen LogP contribution in [-0.2, 0) is 4.79 Å². The van der Waals surface area contributed by atoms with E-state index in [1.807, 2.05) is 13.8 Å². The summed E-state index contributed by atoms with van der Waals surface area (Å²) >= 11 is 0. The fourth-order valence-electron chi connectivity index (χ4n) is 2.99. The first kappa shape index (κ1) is 27.4. The summed E-state index contributed by atoms with van der Waals surface area (Å²) in [5.41, 5.74) is 5.20. The Morgan fingerprint density at radius 1 is 0.862 bits per heavy atom. The van der Waals surface area contributed by atoms with Crippen LogP contribution in [0.2, 0.25) is 0 Å². The first-order valence-corrected chi connectivity index (χ1v) is 10.9. The van der Waals surface area contributed by atoms with Crippen LogP contribution in [0.3, 0.4) is 0 Å². The van der Waals surface area contributed by atoms with E-state index < -0.39 is 6.23 Å². The molecule has 166 valence electrons. The van der Waals surface area contributed by atoms with Gasteiger partial charge in [0.25, 0.3) is 0 Å². The van der Waals surface area contributed by atoms with Crippen molar-refractivity contribution in [2.24, 2.45) is 0 Å². The van der Waals surface area contributed by atoms with Crippen molar-refractivity contribution in [1.29, 1.82) is 0 Å². The molecule has 0 aromatic heterocycles. The first-order chi connectivity index (χ1) is 13.7. The minimum Gasteiger partial charge on any atom is -0.395 e. The SMILES string of the molecule is CCC(O)N(CCO)C(=O)C=C(C)CCC=C(C)CCC=C(C)CCC=C(C)C. The van der Waals surface area contributed by atoms with Gasteiger partial charge in [0.1, 0.15) is 6.23 Å². The second-order valence-corrected chi connectivity index (χ2v) is 8.13. The third kappa shape index (κ3) is 14.0. The van der Waals surface area contributed by atoms with Gasteiger partial charge < -0.3 is 15.1 Å². The molecule has 29 heavy (non-hydrogen) atoms. The summed E-state index contributed by atoms with van der Waals surface area (Å²) < 4.78 is 0. The highest BCUT2D eigenvalue weighted by Gasteiger charge is 2.17. The van der Waals surface area contributed by atoms with Gasteiger partial charge in [-0.3, -0.25) is 4.79 Å². The van der Waals surface area contributed by atoms with Gasteiger partial charge in [0, 0.05) is 12.6 Å². The molecule has 0 aliphatic rings. The topological polar surface area (TPSA) is 60.8 Å². The molecular formula is C25H43NO3. The normalized spacial score (nSPS) is 14.0. The van der Waals surface area contributed by atoms with E-state index in [-0.39, 0.29) is 19.1 Å². The lowest BCUT2D eigenvalue weighted by Crippen LogP contribution is -2.41. The number of carbonyl (C=O) groups excluding carboxylic acids is 1. The Kier molecular flexibility index (Phi) is 15.3. The van der Waals surface area contributed by atoms with E-state index >= 15 is 0 Å². The zero-order chi connectivity index (χ0) is 22.2. The molecule has 1 amide bonds. The van der Waals surface area contributed by atoms with Crippen LogP contribution in [0, 0.1) is 0 Å². The smallest absolute Gasteiger partial charge is 0.248 e. The number of hydrogen-bond acceptors (Lipinski definition) is 3. The summed E-state index contributed by atoms with van der Waals surface area (Å²) in [7, 11) is 0. The van der Waals surface area contributed by atoms with Gasteiger partial charge in [-0.2, -0.15) is 0 Å². The Hall–Kier alpha value is -1.65. The molecule has 0 radical (unpaired) electrons. The molecule has 0 heterocycles. The van der Waals surface area contributed by atoms with E-state index in [1.54, 1.807) is 6.08 Å². The van der Waals surface area contributed by atoms with Crippen molar-refractivity contribution in [3.05, 3.63) is 46.6 Å². The molecule has 0 fully saturated rings. The van der Waals surface area contributed by atoms with Gasteiger partial charge in [-0.1, -0.05) is 47.4 Å². The average Bonchev–Trinajstić information content (AvgIpc) is 2.65. The maximum absolute atomic E-state index is 12.3. The average molecular weight is 406 g/mol. The third-order valence-electron chi connectivity index (χ3n) is 4.87. The minimum absolute atomic E-state index is 0.151. The molecule has 4 heteroatoms. The van der Waals surface area contributed by atoms with Gasteiger partial charge in [0.15, 0.2) is 0 Å². The molecule has 0 aromatic rings. The predicted octanol–water partition coefficient (Wildman–Crippen LogP) is 5.68. The van der Waals surface area contributed by atoms with E-state index in [0.29, 0.717) is 6.42 Å². The van der Waals surface area contributed by atoms with Crippen molar-refractivity contribution in [3.63, 3.8) is 0 Å². The van der Waals surface area contributed by atoms with Crippen LogP contribution >= 0.6 is 0 Å². The fraction of sp³-hybridized carbons (Fsp3) is 0.640. The van der Waals surface area contributed by atoms with E-state index in [4.69, 9.17) is 5.11 Å². The number of carbonyl (C=O) groups is 1. The summed E-state index contributed by atoms with van der Waals surface area (Å²) in [5.74, 6) is -0.236. The number of allylic oxidation sites excluding steroid dienone is 7. The Labute approximate surface area is 178 Å². The highest BCUT2D eigenvalue weighted by atomic mass is 16.3. The number of nitrogens with zero attached hydrogens (tertiary/aromatic N) is 1. The van der Waals surface area contributed by atoms with E-state index in [2.05, 4.69) is 45.9 Å². The number of aliphatic hydroxyl groups is 2. The largest absolute Gasteiger partial charge is 0.395 e. The summed E-state index contributed by atoms with van der Waals surface area (Å²) in [6, 6.07) is 0. The van der Waals surface area contributed by atoms with Crippen molar-refractivity contribution < 1.29 is 15.0 Å². The van der Waals surface area contributed by atoms with Gasteiger partial charge in [0.05, 0.1) is 6.61 Å². The van der Waals surface area contributed by atoms with E-state index in [9.17, 15) is 9.90 Å². The molecule has 0 spiro atoms. The summed E-state index contributed by atoms with van der Waals surface area (Å²) in [6.07, 6.45) is 14.2. The highest BCUT2D eigenvalue weighted by Crippen LogP contribution is 2.14. The second kappa shape index (κ2) is 16.2. The summed E-state index contributed by atoms with van der Waals surface area (Å²) in [4.78, 5) is 13.6. The summed E-state index contributed by atoms with van der Waals surface area (Å²) in [5, 5.41) is 19.0. The van der Waals surface area contributed by atoms with Crippen molar-refractivity contribution in [2.45, 2.75) is 92.7 Å². The molecule has 0 aromatic carbocycles. The molecule has 2 N–H and O–H groups in total. The molecule has 4 nitrogen and oxygen atoms in total. The first-order valence-electron chi connectivity index (χ1n) is 10.9. The lowest BCUT2D eigenvalue weighted by molar-refractivity contribution is -0.136. The van der Waals surface area contributed by atoms with Crippen molar-refractivity contribution in [1.82, 2.24) is 4.90 Å². The maximum Gasteiger partial charge on any atom is 0.248 e. The van der Waals surface area contributed by atoms with Gasteiger partial charge in [-0.15, -0.1) is 0 Å². The van der Waals surface area contributed by atoms with Crippen LogP contribution in [0.1, 0.15) is 86.5 Å². The maximum atomic E-state index is 12.3. The molecule has 0 rings (SSSR count). The zero-order valence-corrected chi connectivity index (χ0v) is 19.5. The Morgan fingerprint density at radius 2 is 1.34 bits per heavy atom. The molecule has 0 saturated heterocycles. The number of rotatable bonds is 14. The van der Waals surface area contributed by atoms with Gasteiger partial charge in [-0.25, -0.2) is 0 Å². The second-order valence-electron chi connectivity index (χ2n) is 8.13. The number of amides is 1.